The molecular formula is C25H24BrN3O3. The molecule has 0 amide bonds. The SMILES string of the molecule is CCOc1cc(/C=N/NCc2ccccc2OC)cc(Br)c1OCc1ccccc1C#N. The van der Waals surface area contributed by atoms with Crippen LogP contribution in [0.3, 0.4) is 0 Å². The lowest BCUT2D eigenvalue weighted by Crippen LogP contribution is -2.07. The summed E-state index contributed by atoms with van der Waals surface area (Å²) in [6.07, 6.45) is 1.72. The van der Waals surface area contributed by atoms with E-state index in [-0.39, 0.29) is 6.61 Å². The molecule has 0 aliphatic rings. The van der Waals surface area contributed by atoms with Crippen LogP contribution in [0.15, 0.2) is 70.2 Å². The van der Waals surface area contributed by atoms with E-state index in [0.29, 0.717) is 30.2 Å². The summed E-state index contributed by atoms with van der Waals surface area (Å²) in [6, 6.07) is 21.1. The number of hydrogen-bond acceptors (Lipinski definition) is 6. The Morgan fingerprint density at radius 3 is 2.53 bits per heavy atom. The number of para-hydroxylation sites is 1. The molecule has 0 aromatic heterocycles. The van der Waals surface area contributed by atoms with E-state index in [1.165, 1.54) is 0 Å². The second kappa shape index (κ2) is 11.8. The van der Waals surface area contributed by atoms with Crippen molar-refractivity contribution in [3.05, 3.63) is 87.4 Å². The van der Waals surface area contributed by atoms with Gasteiger partial charge in [0.15, 0.2) is 11.5 Å². The van der Waals surface area contributed by atoms with E-state index in [1.54, 1.807) is 19.4 Å². The van der Waals surface area contributed by atoms with Gasteiger partial charge in [0.2, 0.25) is 0 Å². The summed E-state index contributed by atoms with van der Waals surface area (Å²) in [6.45, 7) is 3.21. The Morgan fingerprint density at radius 2 is 1.78 bits per heavy atom. The van der Waals surface area contributed by atoms with Crippen molar-refractivity contribution in [2.24, 2.45) is 5.10 Å². The van der Waals surface area contributed by atoms with Crippen molar-refractivity contribution in [2.75, 3.05) is 13.7 Å². The van der Waals surface area contributed by atoms with Crippen LogP contribution >= 0.6 is 15.9 Å². The summed E-state index contributed by atoms with van der Waals surface area (Å²) in [7, 11) is 1.65. The summed E-state index contributed by atoms with van der Waals surface area (Å²) >= 11 is 3.57. The van der Waals surface area contributed by atoms with E-state index >= 15 is 0 Å². The van der Waals surface area contributed by atoms with Gasteiger partial charge < -0.3 is 19.6 Å². The molecule has 0 bridgehead atoms. The standard InChI is InChI=1S/C25H24BrN3O3/c1-3-31-24-13-18(15-28-29-16-20-9-6-7-11-23(20)30-2)12-22(26)25(24)32-17-21-10-5-4-8-19(21)14-27/h4-13,15,29H,3,16-17H2,1-2H3/b28-15+. The second-order valence-electron chi connectivity index (χ2n) is 6.73. The number of nitrogens with one attached hydrogen (secondary N) is 1. The smallest absolute Gasteiger partial charge is 0.175 e. The largest absolute Gasteiger partial charge is 0.496 e. The lowest BCUT2D eigenvalue weighted by molar-refractivity contribution is 0.267. The number of methoxy groups -OCH3 is 1. The number of halogens is 1. The number of hydrazone groups is 1. The number of benzene rings is 3. The van der Waals surface area contributed by atoms with Gasteiger partial charge in [0.05, 0.1) is 42.6 Å². The topological polar surface area (TPSA) is 75.9 Å². The molecule has 3 aromatic rings. The molecule has 0 saturated heterocycles. The summed E-state index contributed by atoms with van der Waals surface area (Å²) in [4.78, 5) is 0. The molecule has 7 heteroatoms. The molecule has 0 heterocycles. The summed E-state index contributed by atoms with van der Waals surface area (Å²) < 4.78 is 17.9. The van der Waals surface area contributed by atoms with E-state index in [9.17, 15) is 5.26 Å². The van der Waals surface area contributed by atoms with Gasteiger partial charge in [-0.15, -0.1) is 0 Å². The van der Waals surface area contributed by atoms with Crippen molar-refractivity contribution < 1.29 is 14.2 Å². The lowest BCUT2D eigenvalue weighted by atomic mass is 10.1. The predicted octanol–water partition coefficient (Wildman–Crippen LogP) is 5.43. The fourth-order valence-corrected chi connectivity index (χ4v) is 3.64. The molecular weight excluding hydrogens is 470 g/mol. The van der Waals surface area contributed by atoms with Crippen LogP contribution in [0, 0.1) is 11.3 Å². The van der Waals surface area contributed by atoms with Crippen LogP contribution in [0.25, 0.3) is 0 Å². The highest BCUT2D eigenvalue weighted by Crippen LogP contribution is 2.37. The average Bonchev–Trinajstić information content (AvgIpc) is 2.82. The Balaban J connectivity index is 1.72. The second-order valence-corrected chi connectivity index (χ2v) is 7.58. The van der Waals surface area contributed by atoms with E-state index in [0.717, 1.165) is 26.9 Å². The maximum Gasteiger partial charge on any atom is 0.175 e. The molecule has 0 spiro atoms. The predicted molar refractivity (Wildman–Crippen MR) is 128 cm³/mol. The number of hydrogen-bond donors (Lipinski definition) is 1. The Kier molecular flexibility index (Phi) is 8.52. The van der Waals surface area contributed by atoms with E-state index in [4.69, 9.17) is 14.2 Å². The van der Waals surface area contributed by atoms with Crippen LogP contribution < -0.4 is 19.6 Å². The molecule has 3 rings (SSSR count). The first-order valence-electron chi connectivity index (χ1n) is 10.1. The summed E-state index contributed by atoms with van der Waals surface area (Å²) in [5, 5.41) is 13.6. The quantitative estimate of drug-likeness (QED) is 0.301. The molecule has 6 nitrogen and oxygen atoms in total. The van der Waals surface area contributed by atoms with E-state index < -0.39 is 0 Å². The van der Waals surface area contributed by atoms with Crippen molar-refractivity contribution in [1.82, 2.24) is 5.43 Å². The zero-order valence-corrected chi connectivity index (χ0v) is 19.6. The van der Waals surface area contributed by atoms with Crippen LogP contribution in [-0.2, 0) is 13.2 Å². The summed E-state index contributed by atoms with van der Waals surface area (Å²) in [5.41, 5.74) is 6.31. The minimum atomic E-state index is 0.260. The maximum absolute atomic E-state index is 9.28. The highest BCUT2D eigenvalue weighted by molar-refractivity contribution is 9.10. The van der Waals surface area contributed by atoms with E-state index in [1.807, 2.05) is 61.5 Å². The van der Waals surface area contributed by atoms with Crippen LogP contribution in [-0.4, -0.2) is 19.9 Å². The third kappa shape index (κ3) is 6.02. The molecule has 0 aliphatic heterocycles. The normalized spacial score (nSPS) is 10.6. The van der Waals surface area contributed by atoms with Crippen molar-refractivity contribution >= 4 is 22.1 Å². The molecule has 0 radical (unpaired) electrons. The molecule has 0 aliphatic carbocycles. The van der Waals surface area contributed by atoms with Gasteiger partial charge in [-0.1, -0.05) is 36.4 Å². The Hall–Kier alpha value is -3.50. The van der Waals surface area contributed by atoms with Gasteiger partial charge in [-0.05, 0) is 52.7 Å². The van der Waals surface area contributed by atoms with E-state index in [2.05, 4.69) is 32.5 Å². The van der Waals surface area contributed by atoms with Gasteiger partial charge in [-0.2, -0.15) is 10.4 Å². The van der Waals surface area contributed by atoms with Gasteiger partial charge in [0.1, 0.15) is 12.4 Å². The minimum absolute atomic E-state index is 0.260. The first kappa shape index (κ1) is 23.2. The van der Waals surface area contributed by atoms with Gasteiger partial charge >= 0.3 is 0 Å². The Morgan fingerprint density at radius 1 is 1.03 bits per heavy atom. The van der Waals surface area contributed by atoms with Crippen molar-refractivity contribution in [3.8, 4) is 23.3 Å². The number of ether oxygens (including phenoxy) is 3. The average molecular weight is 494 g/mol. The molecule has 0 fully saturated rings. The fourth-order valence-electron chi connectivity index (χ4n) is 3.07. The minimum Gasteiger partial charge on any atom is -0.496 e. The number of rotatable bonds is 10. The van der Waals surface area contributed by atoms with Crippen LogP contribution in [0.1, 0.15) is 29.2 Å². The zero-order valence-electron chi connectivity index (χ0n) is 18.0. The highest BCUT2D eigenvalue weighted by Gasteiger charge is 2.13. The first-order chi connectivity index (χ1) is 15.7. The first-order valence-corrected chi connectivity index (χ1v) is 10.9. The molecule has 0 unspecified atom stereocenters. The van der Waals surface area contributed by atoms with Gasteiger partial charge in [-0.3, -0.25) is 0 Å². The molecule has 3 aromatic carbocycles. The number of nitrogens with zero attached hydrogens (tertiary/aromatic N) is 2. The van der Waals surface area contributed by atoms with Gasteiger partial charge in [0.25, 0.3) is 0 Å². The highest BCUT2D eigenvalue weighted by atomic mass is 79.9. The van der Waals surface area contributed by atoms with Crippen molar-refractivity contribution in [3.63, 3.8) is 0 Å². The monoisotopic (exact) mass is 493 g/mol. The van der Waals surface area contributed by atoms with Crippen LogP contribution in [0.4, 0.5) is 0 Å². The maximum atomic E-state index is 9.28. The van der Waals surface area contributed by atoms with Gasteiger partial charge in [0, 0.05) is 11.1 Å². The van der Waals surface area contributed by atoms with Crippen molar-refractivity contribution in [1.29, 1.82) is 5.26 Å². The van der Waals surface area contributed by atoms with Crippen molar-refractivity contribution in [2.45, 2.75) is 20.1 Å². The third-order valence-electron chi connectivity index (χ3n) is 4.61. The number of nitriles is 1. The summed E-state index contributed by atoms with van der Waals surface area (Å²) in [5.74, 6) is 2.00. The fraction of sp³-hybridized carbons (Fsp3) is 0.200. The molecule has 1 N–H and O–H groups in total. The molecule has 164 valence electrons. The molecule has 32 heavy (non-hydrogen) atoms. The van der Waals surface area contributed by atoms with Gasteiger partial charge in [-0.25, -0.2) is 0 Å². The van der Waals surface area contributed by atoms with Crippen LogP contribution in [0.5, 0.6) is 17.2 Å². The Labute approximate surface area is 196 Å². The Bertz CT molecular complexity index is 1130. The molecule has 0 saturated carbocycles. The molecule has 0 atom stereocenters. The lowest BCUT2D eigenvalue weighted by Gasteiger charge is -2.15. The third-order valence-corrected chi connectivity index (χ3v) is 5.20. The zero-order chi connectivity index (χ0) is 22.8. The van der Waals surface area contributed by atoms with Crippen LogP contribution in [0.2, 0.25) is 0 Å².